The second kappa shape index (κ2) is 6.65. The zero-order valence-corrected chi connectivity index (χ0v) is 12.0. The van der Waals surface area contributed by atoms with E-state index >= 15 is 0 Å². The zero-order chi connectivity index (χ0) is 15.2. The lowest BCUT2D eigenvalue weighted by molar-refractivity contribution is -0.115. The summed E-state index contributed by atoms with van der Waals surface area (Å²) in [6, 6.07) is 12.2. The van der Waals surface area contributed by atoms with Crippen molar-refractivity contribution < 1.29 is 9.59 Å². The number of carbonyl (C=O) groups excluding carboxylic acids is 2. The van der Waals surface area contributed by atoms with Gasteiger partial charge in [-0.3, -0.25) is 9.59 Å². The van der Waals surface area contributed by atoms with E-state index in [-0.39, 0.29) is 11.8 Å². The number of nitrogens with zero attached hydrogens (tertiary/aromatic N) is 1. The molecule has 0 aliphatic carbocycles. The minimum Gasteiger partial charge on any atom is -0.326 e. The van der Waals surface area contributed by atoms with Crippen molar-refractivity contribution in [1.82, 2.24) is 4.98 Å². The van der Waals surface area contributed by atoms with Gasteiger partial charge in [-0.05, 0) is 37.3 Å². The van der Waals surface area contributed by atoms with E-state index in [2.05, 4.69) is 15.6 Å². The maximum Gasteiger partial charge on any atom is 0.256 e. The number of amides is 2. The average molecular weight is 283 g/mol. The number of hydrogen-bond donors (Lipinski definition) is 2. The van der Waals surface area contributed by atoms with Gasteiger partial charge in [0.05, 0.1) is 0 Å². The Morgan fingerprint density at radius 1 is 1.10 bits per heavy atom. The van der Waals surface area contributed by atoms with Gasteiger partial charge in [-0.25, -0.2) is 4.98 Å². The van der Waals surface area contributed by atoms with Crippen molar-refractivity contribution in [2.45, 2.75) is 20.3 Å². The molecule has 0 unspecified atom stereocenters. The van der Waals surface area contributed by atoms with E-state index in [1.807, 2.05) is 19.1 Å². The van der Waals surface area contributed by atoms with Gasteiger partial charge in [0.25, 0.3) is 5.91 Å². The Morgan fingerprint density at radius 3 is 2.57 bits per heavy atom. The van der Waals surface area contributed by atoms with Crippen LogP contribution in [-0.2, 0) is 4.79 Å². The van der Waals surface area contributed by atoms with Crippen molar-refractivity contribution >= 4 is 23.3 Å². The zero-order valence-electron chi connectivity index (χ0n) is 12.0. The lowest BCUT2D eigenvalue weighted by Crippen LogP contribution is -2.14. The van der Waals surface area contributed by atoms with Crippen LogP contribution < -0.4 is 10.6 Å². The van der Waals surface area contributed by atoms with E-state index in [1.165, 1.54) is 0 Å². The average Bonchev–Trinajstić information content (AvgIpc) is 2.47. The van der Waals surface area contributed by atoms with Crippen LogP contribution in [0.4, 0.5) is 11.5 Å². The Kier molecular flexibility index (Phi) is 4.66. The highest BCUT2D eigenvalue weighted by molar-refractivity contribution is 6.04. The van der Waals surface area contributed by atoms with Crippen molar-refractivity contribution in [3.8, 4) is 0 Å². The molecule has 1 aromatic carbocycles. The topological polar surface area (TPSA) is 71.1 Å². The van der Waals surface area contributed by atoms with Crippen LogP contribution in [0.1, 0.15) is 29.4 Å². The molecular formula is C16H17N3O2. The molecule has 0 aliphatic rings. The fourth-order valence-electron chi connectivity index (χ4n) is 1.79. The first-order chi connectivity index (χ1) is 10.1. The highest BCUT2D eigenvalue weighted by Gasteiger charge is 2.08. The van der Waals surface area contributed by atoms with Gasteiger partial charge >= 0.3 is 0 Å². The summed E-state index contributed by atoms with van der Waals surface area (Å²) in [6.45, 7) is 3.63. The van der Waals surface area contributed by atoms with Crippen LogP contribution in [0.2, 0.25) is 0 Å². The van der Waals surface area contributed by atoms with Crippen LogP contribution in [0.15, 0.2) is 42.5 Å². The molecule has 0 saturated heterocycles. The lowest BCUT2D eigenvalue weighted by Gasteiger charge is -2.07. The number of nitrogens with one attached hydrogen (secondary N) is 2. The standard InChI is InChI=1S/C16H17N3O2/c1-3-15(20)18-13-8-5-7-12(10-13)16(21)19-14-9-4-6-11(2)17-14/h4-10H,3H2,1-2H3,(H,18,20)(H,17,19,21). The molecule has 0 fully saturated rings. The highest BCUT2D eigenvalue weighted by atomic mass is 16.2. The molecular weight excluding hydrogens is 266 g/mol. The first kappa shape index (κ1) is 14.7. The maximum atomic E-state index is 12.2. The Labute approximate surface area is 123 Å². The fourth-order valence-corrected chi connectivity index (χ4v) is 1.79. The summed E-state index contributed by atoms with van der Waals surface area (Å²) in [5.74, 6) is 0.150. The van der Waals surface area contributed by atoms with Gasteiger partial charge in [-0.1, -0.05) is 19.1 Å². The van der Waals surface area contributed by atoms with Crippen LogP contribution in [0, 0.1) is 6.92 Å². The van der Waals surface area contributed by atoms with Crippen LogP contribution in [0.5, 0.6) is 0 Å². The van der Waals surface area contributed by atoms with Gasteiger partial charge in [-0.2, -0.15) is 0 Å². The van der Waals surface area contributed by atoms with Crippen molar-refractivity contribution in [3.05, 3.63) is 53.7 Å². The molecule has 5 heteroatoms. The van der Waals surface area contributed by atoms with E-state index in [0.717, 1.165) is 5.69 Å². The second-order valence-corrected chi connectivity index (χ2v) is 4.60. The van der Waals surface area contributed by atoms with Crippen molar-refractivity contribution in [2.75, 3.05) is 10.6 Å². The van der Waals surface area contributed by atoms with E-state index < -0.39 is 0 Å². The molecule has 1 heterocycles. The van der Waals surface area contributed by atoms with Gasteiger partial charge in [0.15, 0.2) is 0 Å². The molecule has 21 heavy (non-hydrogen) atoms. The summed E-state index contributed by atoms with van der Waals surface area (Å²) in [6.07, 6.45) is 0.392. The van der Waals surface area contributed by atoms with Crippen LogP contribution in [0.25, 0.3) is 0 Å². The highest BCUT2D eigenvalue weighted by Crippen LogP contribution is 2.13. The minimum atomic E-state index is -0.263. The van der Waals surface area contributed by atoms with Gasteiger partial charge in [0, 0.05) is 23.4 Å². The molecule has 0 atom stereocenters. The molecule has 5 nitrogen and oxygen atoms in total. The molecule has 108 valence electrons. The number of aromatic nitrogens is 1. The fraction of sp³-hybridized carbons (Fsp3) is 0.188. The normalized spacial score (nSPS) is 10.0. The monoisotopic (exact) mass is 283 g/mol. The predicted octanol–water partition coefficient (Wildman–Crippen LogP) is 2.99. The van der Waals surface area contributed by atoms with Crippen molar-refractivity contribution in [3.63, 3.8) is 0 Å². The summed E-state index contributed by atoms with van der Waals surface area (Å²) in [7, 11) is 0. The second-order valence-electron chi connectivity index (χ2n) is 4.60. The molecule has 0 bridgehead atoms. The molecule has 0 spiro atoms. The number of anilines is 2. The molecule has 0 radical (unpaired) electrons. The smallest absolute Gasteiger partial charge is 0.256 e. The number of rotatable bonds is 4. The van der Waals surface area contributed by atoms with Crippen LogP contribution in [0.3, 0.4) is 0 Å². The van der Waals surface area contributed by atoms with Gasteiger partial charge in [-0.15, -0.1) is 0 Å². The summed E-state index contributed by atoms with van der Waals surface area (Å²) >= 11 is 0. The lowest BCUT2D eigenvalue weighted by atomic mass is 10.2. The molecule has 0 aliphatic heterocycles. The van der Waals surface area contributed by atoms with E-state index in [9.17, 15) is 9.59 Å². The quantitative estimate of drug-likeness (QED) is 0.906. The molecule has 2 aromatic rings. The summed E-state index contributed by atoms with van der Waals surface area (Å²) < 4.78 is 0. The Morgan fingerprint density at radius 2 is 1.86 bits per heavy atom. The Bertz CT molecular complexity index is 668. The van der Waals surface area contributed by atoms with E-state index in [0.29, 0.717) is 23.5 Å². The van der Waals surface area contributed by atoms with Crippen molar-refractivity contribution in [2.24, 2.45) is 0 Å². The van der Waals surface area contributed by atoms with Crippen molar-refractivity contribution in [1.29, 1.82) is 0 Å². The number of carbonyl (C=O) groups is 2. The third kappa shape index (κ3) is 4.14. The third-order valence-electron chi connectivity index (χ3n) is 2.86. The minimum absolute atomic E-state index is 0.0899. The molecule has 2 amide bonds. The molecule has 2 N–H and O–H groups in total. The van der Waals surface area contributed by atoms with Gasteiger partial charge < -0.3 is 10.6 Å². The first-order valence-corrected chi connectivity index (χ1v) is 6.73. The Hall–Kier alpha value is -2.69. The first-order valence-electron chi connectivity index (χ1n) is 6.73. The third-order valence-corrected chi connectivity index (χ3v) is 2.86. The van der Waals surface area contributed by atoms with Crippen LogP contribution >= 0.6 is 0 Å². The SMILES string of the molecule is CCC(=O)Nc1cccc(C(=O)Nc2cccc(C)n2)c1. The van der Waals surface area contributed by atoms with Crippen LogP contribution in [-0.4, -0.2) is 16.8 Å². The number of benzene rings is 1. The summed E-state index contributed by atoms with van der Waals surface area (Å²) in [5.41, 5.74) is 1.90. The summed E-state index contributed by atoms with van der Waals surface area (Å²) in [4.78, 5) is 27.8. The number of hydrogen-bond acceptors (Lipinski definition) is 3. The predicted molar refractivity (Wildman–Crippen MR) is 82.3 cm³/mol. The van der Waals surface area contributed by atoms with Gasteiger partial charge in [0.1, 0.15) is 5.82 Å². The number of aryl methyl sites for hydroxylation is 1. The van der Waals surface area contributed by atoms with E-state index in [1.54, 1.807) is 37.3 Å². The van der Waals surface area contributed by atoms with Gasteiger partial charge in [0.2, 0.25) is 5.91 Å². The van der Waals surface area contributed by atoms with E-state index in [4.69, 9.17) is 0 Å². The number of pyridine rings is 1. The Balaban J connectivity index is 2.12. The molecule has 0 saturated carbocycles. The largest absolute Gasteiger partial charge is 0.326 e. The molecule has 2 rings (SSSR count). The summed E-state index contributed by atoms with van der Waals surface area (Å²) in [5, 5.41) is 5.46. The maximum absolute atomic E-state index is 12.2. The molecule has 1 aromatic heterocycles.